The maximum atomic E-state index is 14.0. The van der Waals surface area contributed by atoms with Crippen LogP contribution in [-0.2, 0) is 13.9 Å². The van der Waals surface area contributed by atoms with Gasteiger partial charge in [-0.3, -0.25) is 9.59 Å². The summed E-state index contributed by atoms with van der Waals surface area (Å²) in [5.41, 5.74) is 7.07. The van der Waals surface area contributed by atoms with Crippen molar-refractivity contribution in [3.63, 3.8) is 0 Å². The maximum Gasteiger partial charge on any atom is 0.239 e. The number of halogens is 2. The number of hydrogen-bond acceptors (Lipinski definition) is 2. The number of benzene rings is 4. The molecule has 0 unspecified atom stereocenters. The Morgan fingerprint density at radius 3 is 1.77 bits per heavy atom. The van der Waals surface area contributed by atoms with Crippen LogP contribution in [0.4, 0.5) is 5.69 Å². The van der Waals surface area contributed by atoms with Crippen LogP contribution in [0.15, 0.2) is 97.1 Å². The third kappa shape index (κ3) is 2.72. The first kappa shape index (κ1) is 21.1. The summed E-state index contributed by atoms with van der Waals surface area (Å²) < 4.78 is -0.732. The summed E-state index contributed by atoms with van der Waals surface area (Å²) in [4.78, 5) is 29.4. The molecule has 4 aliphatic rings. The zero-order chi connectivity index (χ0) is 23.9. The quantitative estimate of drug-likeness (QED) is 0.205. The molecular weight excluding hydrogens is 522 g/mol. The van der Waals surface area contributed by atoms with E-state index in [1.54, 1.807) is 0 Å². The van der Waals surface area contributed by atoms with E-state index in [2.05, 4.69) is 40.2 Å². The van der Waals surface area contributed by atoms with Gasteiger partial charge in [-0.15, -0.1) is 0 Å². The molecule has 0 aromatic heterocycles. The zero-order valence-electron chi connectivity index (χ0n) is 18.5. The molecule has 1 heterocycles. The van der Waals surface area contributed by atoms with Gasteiger partial charge in [-0.05, 0) is 57.6 Å². The molecule has 3 aliphatic carbocycles. The number of carbonyl (C=O) groups excluding carboxylic acids is 2. The minimum Gasteiger partial charge on any atom is -0.274 e. The summed E-state index contributed by atoms with van der Waals surface area (Å²) in [6.45, 7) is 0. The molecule has 170 valence electrons. The van der Waals surface area contributed by atoms with Gasteiger partial charge in [0.05, 0.1) is 21.8 Å². The molecular formula is C30H19BrClNO2. The van der Waals surface area contributed by atoms with Crippen LogP contribution in [0.2, 0.25) is 5.02 Å². The summed E-state index contributed by atoms with van der Waals surface area (Å²) in [5.74, 6) is -1.35. The summed E-state index contributed by atoms with van der Waals surface area (Å²) in [5, 5.41) is 0.682. The standard InChI is InChI=1S/C30H19BrClNO2/c31-30-23-7-3-1-5-21(23)25(22-6-2-4-8-24(22)30)26-27(30)29(35)33(28(26)34)20-15-11-18(12-16-20)17-9-13-19(32)14-10-17/h1-16,25-27H/t25?,26-,27+,30?/m0/s1. The first-order valence-corrected chi connectivity index (χ1v) is 12.8. The predicted molar refractivity (Wildman–Crippen MR) is 141 cm³/mol. The number of imide groups is 1. The smallest absolute Gasteiger partial charge is 0.239 e. The van der Waals surface area contributed by atoms with Crippen molar-refractivity contribution in [2.75, 3.05) is 4.90 Å². The van der Waals surface area contributed by atoms with Gasteiger partial charge in [0.2, 0.25) is 11.8 Å². The normalized spacial score (nSPS) is 25.9. The van der Waals surface area contributed by atoms with Crippen LogP contribution in [-0.4, -0.2) is 11.8 Å². The fraction of sp³-hybridized carbons (Fsp3) is 0.133. The number of rotatable bonds is 2. The molecule has 5 heteroatoms. The second-order valence-electron chi connectivity index (χ2n) is 9.43. The molecule has 8 rings (SSSR count). The van der Waals surface area contributed by atoms with Gasteiger partial charge < -0.3 is 0 Å². The molecule has 0 spiro atoms. The lowest BCUT2D eigenvalue weighted by Gasteiger charge is -2.51. The lowest BCUT2D eigenvalue weighted by atomic mass is 9.55. The van der Waals surface area contributed by atoms with E-state index in [1.165, 1.54) is 4.90 Å². The fourth-order valence-corrected chi connectivity index (χ4v) is 7.71. The first-order valence-electron chi connectivity index (χ1n) is 11.6. The van der Waals surface area contributed by atoms with E-state index >= 15 is 0 Å². The van der Waals surface area contributed by atoms with E-state index < -0.39 is 16.2 Å². The Morgan fingerprint density at radius 1 is 0.686 bits per heavy atom. The minimum absolute atomic E-state index is 0.128. The van der Waals surface area contributed by atoms with Crippen LogP contribution >= 0.6 is 27.5 Å². The van der Waals surface area contributed by atoms with E-state index in [0.717, 1.165) is 33.4 Å². The number of amides is 2. The highest BCUT2D eigenvalue weighted by Gasteiger charge is 2.67. The molecule has 0 saturated carbocycles. The van der Waals surface area contributed by atoms with Crippen LogP contribution in [0.5, 0.6) is 0 Å². The number of hydrogen-bond donors (Lipinski definition) is 0. The lowest BCUT2D eigenvalue weighted by molar-refractivity contribution is -0.122. The Hall–Kier alpha value is -3.21. The Morgan fingerprint density at radius 2 is 1.20 bits per heavy atom. The van der Waals surface area contributed by atoms with Crippen molar-refractivity contribution in [2.24, 2.45) is 11.8 Å². The molecule has 1 aliphatic heterocycles. The maximum absolute atomic E-state index is 14.0. The van der Waals surface area contributed by atoms with Gasteiger partial charge in [0, 0.05) is 10.9 Å². The van der Waals surface area contributed by atoms with Crippen molar-refractivity contribution in [3.8, 4) is 11.1 Å². The van der Waals surface area contributed by atoms with Crippen molar-refractivity contribution < 1.29 is 9.59 Å². The van der Waals surface area contributed by atoms with Gasteiger partial charge in [0.1, 0.15) is 0 Å². The molecule has 0 radical (unpaired) electrons. The fourth-order valence-electron chi connectivity index (χ4n) is 6.38. The highest BCUT2D eigenvalue weighted by Crippen LogP contribution is 2.66. The van der Waals surface area contributed by atoms with Crippen molar-refractivity contribution in [1.82, 2.24) is 0 Å². The van der Waals surface area contributed by atoms with Gasteiger partial charge in [-0.2, -0.15) is 0 Å². The summed E-state index contributed by atoms with van der Waals surface area (Å²) in [6, 6.07) is 31.7. The van der Waals surface area contributed by atoms with Gasteiger partial charge in [-0.25, -0.2) is 4.90 Å². The third-order valence-corrected chi connectivity index (χ3v) is 9.42. The average Bonchev–Trinajstić information content (AvgIpc) is 3.16. The number of alkyl halides is 1. The van der Waals surface area contributed by atoms with Crippen molar-refractivity contribution in [3.05, 3.63) is 124 Å². The zero-order valence-corrected chi connectivity index (χ0v) is 20.8. The van der Waals surface area contributed by atoms with Crippen LogP contribution in [0, 0.1) is 11.8 Å². The molecule has 1 saturated heterocycles. The Bertz CT molecular complexity index is 1480. The number of carbonyl (C=O) groups is 2. The van der Waals surface area contributed by atoms with Gasteiger partial charge in [0.15, 0.2) is 0 Å². The first-order chi connectivity index (χ1) is 17.0. The Kier molecular flexibility index (Phi) is 4.46. The monoisotopic (exact) mass is 539 g/mol. The predicted octanol–water partition coefficient (Wildman–Crippen LogP) is 6.91. The van der Waals surface area contributed by atoms with E-state index in [4.69, 9.17) is 11.6 Å². The van der Waals surface area contributed by atoms with E-state index in [9.17, 15) is 9.59 Å². The molecule has 1 fully saturated rings. The van der Waals surface area contributed by atoms with Gasteiger partial charge >= 0.3 is 0 Å². The molecule has 3 nitrogen and oxygen atoms in total. The SMILES string of the molecule is O=C1[C@H]2C3c4ccccc4C(Br)(c4ccccc43)[C@H]2C(=O)N1c1ccc(-c2ccc(Cl)cc2)cc1. The summed E-state index contributed by atoms with van der Waals surface area (Å²) in [6.07, 6.45) is 0. The van der Waals surface area contributed by atoms with E-state index in [0.29, 0.717) is 10.7 Å². The second kappa shape index (κ2) is 7.39. The van der Waals surface area contributed by atoms with E-state index in [-0.39, 0.29) is 17.7 Å². The lowest BCUT2D eigenvalue weighted by Crippen LogP contribution is -2.50. The third-order valence-electron chi connectivity index (χ3n) is 7.82. The highest BCUT2D eigenvalue weighted by molar-refractivity contribution is 9.09. The largest absolute Gasteiger partial charge is 0.274 e. The molecule has 2 amide bonds. The summed E-state index contributed by atoms with van der Waals surface area (Å²) in [7, 11) is 0. The van der Waals surface area contributed by atoms with Crippen LogP contribution < -0.4 is 4.90 Å². The van der Waals surface area contributed by atoms with Crippen LogP contribution in [0.25, 0.3) is 11.1 Å². The molecule has 2 atom stereocenters. The van der Waals surface area contributed by atoms with Crippen molar-refractivity contribution >= 4 is 45.0 Å². The molecule has 35 heavy (non-hydrogen) atoms. The van der Waals surface area contributed by atoms with Crippen LogP contribution in [0.1, 0.15) is 28.2 Å². The van der Waals surface area contributed by atoms with E-state index in [1.807, 2.05) is 72.8 Å². The van der Waals surface area contributed by atoms with Gasteiger partial charge in [-0.1, -0.05) is 100 Å². The average molecular weight is 541 g/mol. The molecule has 4 aromatic carbocycles. The molecule has 2 bridgehead atoms. The molecule has 4 aromatic rings. The number of nitrogens with zero attached hydrogens (tertiary/aromatic N) is 1. The van der Waals surface area contributed by atoms with Crippen molar-refractivity contribution in [2.45, 2.75) is 10.2 Å². The molecule has 0 N–H and O–H groups in total. The second-order valence-corrected chi connectivity index (χ2v) is 11.1. The van der Waals surface area contributed by atoms with Crippen molar-refractivity contribution in [1.29, 1.82) is 0 Å². The van der Waals surface area contributed by atoms with Gasteiger partial charge in [0.25, 0.3) is 0 Å². The Balaban J connectivity index is 1.34. The summed E-state index contributed by atoms with van der Waals surface area (Å²) >= 11 is 10.1. The van der Waals surface area contributed by atoms with Crippen LogP contribution in [0.3, 0.4) is 0 Å². The highest BCUT2D eigenvalue weighted by atomic mass is 79.9. The topological polar surface area (TPSA) is 37.4 Å². The number of anilines is 1. The Labute approximate surface area is 216 Å². The minimum atomic E-state index is -0.732.